The Kier molecular flexibility index (Phi) is 4.41. The number of fused-ring (bicyclic) bond motifs is 3. The zero-order chi connectivity index (χ0) is 19.0. The molecule has 6 heteroatoms. The van der Waals surface area contributed by atoms with E-state index in [2.05, 4.69) is 29.3 Å². The molecule has 4 rings (SSSR count). The molecule has 27 heavy (non-hydrogen) atoms. The number of carbonyl (C=O) groups excluding carboxylic acids is 1. The average Bonchev–Trinajstić information content (AvgIpc) is 3.03. The Labute approximate surface area is 160 Å². The number of aryl methyl sites for hydroxylation is 1. The van der Waals surface area contributed by atoms with Crippen LogP contribution in [0.2, 0.25) is 0 Å². The molecular formula is C21H18N2O3S. The van der Waals surface area contributed by atoms with Gasteiger partial charge in [-0.1, -0.05) is 41.7 Å². The molecule has 0 aliphatic rings. The highest BCUT2D eigenvalue weighted by atomic mass is 32.1. The van der Waals surface area contributed by atoms with Crippen molar-refractivity contribution in [3.63, 3.8) is 0 Å². The first-order chi connectivity index (χ1) is 13.1. The third kappa shape index (κ3) is 2.98. The lowest BCUT2D eigenvalue weighted by atomic mass is 10.1. The molecular weight excluding hydrogens is 360 g/mol. The van der Waals surface area contributed by atoms with Crippen LogP contribution in [0.1, 0.15) is 10.4 Å². The third-order valence-electron chi connectivity index (χ3n) is 4.54. The summed E-state index contributed by atoms with van der Waals surface area (Å²) in [7, 11) is 5.02. The van der Waals surface area contributed by atoms with Gasteiger partial charge < -0.3 is 14.0 Å². The highest BCUT2D eigenvalue weighted by Gasteiger charge is 2.14. The molecule has 5 nitrogen and oxygen atoms in total. The van der Waals surface area contributed by atoms with E-state index in [-0.39, 0.29) is 5.91 Å². The molecule has 136 valence electrons. The fourth-order valence-electron chi connectivity index (χ4n) is 3.09. The number of hydrogen-bond acceptors (Lipinski definition) is 4. The summed E-state index contributed by atoms with van der Waals surface area (Å²) in [5.41, 5.74) is 1.45. The van der Waals surface area contributed by atoms with Crippen LogP contribution < -0.4 is 14.3 Å². The van der Waals surface area contributed by atoms with Gasteiger partial charge in [0.05, 0.1) is 30.0 Å². The Bertz CT molecular complexity index is 1240. The van der Waals surface area contributed by atoms with Crippen molar-refractivity contribution in [2.24, 2.45) is 12.0 Å². The molecule has 1 heterocycles. The molecule has 3 aromatic carbocycles. The number of carbonyl (C=O) groups is 1. The van der Waals surface area contributed by atoms with Gasteiger partial charge >= 0.3 is 0 Å². The quantitative estimate of drug-likeness (QED) is 0.538. The van der Waals surface area contributed by atoms with Crippen molar-refractivity contribution in [1.82, 2.24) is 4.57 Å². The van der Waals surface area contributed by atoms with E-state index < -0.39 is 0 Å². The second-order valence-electron chi connectivity index (χ2n) is 6.06. The maximum Gasteiger partial charge on any atom is 0.283 e. The standard InChI is InChI=1S/C21H18N2O3S/c1-23-17-11-8-13-6-4-5-7-15(13)19(17)27-21(23)22-20(24)16-10-9-14(25-2)12-18(16)26-3/h4-12H,1-3H3. The first-order valence-electron chi connectivity index (χ1n) is 8.40. The van der Waals surface area contributed by atoms with E-state index in [0.29, 0.717) is 21.9 Å². The first kappa shape index (κ1) is 17.3. The van der Waals surface area contributed by atoms with Gasteiger partial charge in [0.25, 0.3) is 5.91 Å². The van der Waals surface area contributed by atoms with Crippen molar-refractivity contribution in [3.05, 3.63) is 65.0 Å². The number of amides is 1. The summed E-state index contributed by atoms with van der Waals surface area (Å²) < 4.78 is 13.6. The van der Waals surface area contributed by atoms with E-state index in [1.165, 1.54) is 23.8 Å². The van der Waals surface area contributed by atoms with Crippen molar-refractivity contribution < 1.29 is 14.3 Å². The Morgan fingerprint density at radius 3 is 2.63 bits per heavy atom. The summed E-state index contributed by atoms with van der Waals surface area (Å²) in [4.78, 5) is 17.8. The van der Waals surface area contributed by atoms with Gasteiger partial charge in [0.1, 0.15) is 11.5 Å². The first-order valence-corrected chi connectivity index (χ1v) is 9.22. The van der Waals surface area contributed by atoms with Gasteiger partial charge in [0.2, 0.25) is 0 Å². The average molecular weight is 378 g/mol. The van der Waals surface area contributed by atoms with Crippen molar-refractivity contribution in [3.8, 4) is 11.5 Å². The van der Waals surface area contributed by atoms with E-state index in [4.69, 9.17) is 9.47 Å². The molecule has 0 bridgehead atoms. The molecule has 0 saturated carbocycles. The van der Waals surface area contributed by atoms with Crippen molar-refractivity contribution in [2.75, 3.05) is 14.2 Å². The van der Waals surface area contributed by atoms with E-state index >= 15 is 0 Å². The molecule has 4 aromatic rings. The van der Waals surface area contributed by atoms with Crippen LogP contribution in [0, 0.1) is 0 Å². The third-order valence-corrected chi connectivity index (χ3v) is 5.72. The number of methoxy groups -OCH3 is 2. The van der Waals surface area contributed by atoms with Crippen LogP contribution >= 0.6 is 11.3 Å². The molecule has 0 fully saturated rings. The second kappa shape index (κ2) is 6.89. The summed E-state index contributed by atoms with van der Waals surface area (Å²) in [5, 5.41) is 2.33. The summed E-state index contributed by atoms with van der Waals surface area (Å²) in [5.74, 6) is 0.723. The SMILES string of the molecule is COc1ccc(C(=O)N=c2sc3c4ccccc4ccc3n2C)c(OC)c1. The fourth-order valence-corrected chi connectivity index (χ4v) is 4.24. The highest BCUT2D eigenvalue weighted by Crippen LogP contribution is 2.28. The predicted octanol–water partition coefficient (Wildman–Crippen LogP) is 4.15. The second-order valence-corrected chi connectivity index (χ2v) is 7.04. The van der Waals surface area contributed by atoms with E-state index in [1.54, 1.807) is 25.3 Å². The lowest BCUT2D eigenvalue weighted by Crippen LogP contribution is -2.13. The van der Waals surface area contributed by atoms with E-state index in [9.17, 15) is 4.79 Å². The lowest BCUT2D eigenvalue weighted by molar-refractivity contribution is 0.0995. The van der Waals surface area contributed by atoms with Crippen molar-refractivity contribution in [2.45, 2.75) is 0 Å². The number of ether oxygens (including phenoxy) is 2. The maximum atomic E-state index is 12.8. The molecule has 1 amide bonds. The van der Waals surface area contributed by atoms with Gasteiger partial charge in [0.15, 0.2) is 4.80 Å². The van der Waals surface area contributed by atoms with E-state index in [0.717, 1.165) is 15.6 Å². The minimum atomic E-state index is -0.346. The van der Waals surface area contributed by atoms with Gasteiger partial charge in [-0.25, -0.2) is 0 Å². The fraction of sp³-hybridized carbons (Fsp3) is 0.143. The van der Waals surface area contributed by atoms with Crippen LogP contribution in [0.3, 0.4) is 0 Å². The molecule has 0 N–H and O–H groups in total. The predicted molar refractivity (Wildman–Crippen MR) is 108 cm³/mol. The number of nitrogens with zero attached hydrogens (tertiary/aromatic N) is 2. The maximum absolute atomic E-state index is 12.8. The molecule has 0 unspecified atom stereocenters. The van der Waals surface area contributed by atoms with Crippen molar-refractivity contribution in [1.29, 1.82) is 0 Å². The zero-order valence-electron chi connectivity index (χ0n) is 15.2. The van der Waals surface area contributed by atoms with Crippen molar-refractivity contribution >= 4 is 38.2 Å². The number of aromatic nitrogens is 1. The monoisotopic (exact) mass is 378 g/mol. The Hall–Kier alpha value is -3.12. The molecule has 1 aromatic heterocycles. The molecule has 0 aliphatic carbocycles. The lowest BCUT2D eigenvalue weighted by Gasteiger charge is -2.07. The Morgan fingerprint density at radius 2 is 1.85 bits per heavy atom. The molecule has 0 saturated heterocycles. The van der Waals surface area contributed by atoms with Gasteiger partial charge in [0, 0.05) is 18.5 Å². The normalized spacial score (nSPS) is 11.9. The Balaban J connectivity index is 1.87. The van der Waals surface area contributed by atoms with Crippen LogP contribution in [-0.2, 0) is 7.05 Å². The van der Waals surface area contributed by atoms with Gasteiger partial charge in [-0.05, 0) is 23.6 Å². The van der Waals surface area contributed by atoms with Crippen LogP contribution in [0.15, 0.2) is 59.6 Å². The smallest absolute Gasteiger partial charge is 0.283 e. The number of benzene rings is 3. The molecule has 0 aliphatic heterocycles. The van der Waals surface area contributed by atoms with E-state index in [1.807, 2.05) is 23.7 Å². The summed E-state index contributed by atoms with van der Waals surface area (Å²) in [6.45, 7) is 0. The van der Waals surface area contributed by atoms with Crippen LogP contribution in [0.25, 0.3) is 21.0 Å². The summed E-state index contributed by atoms with van der Waals surface area (Å²) in [6.07, 6.45) is 0. The Morgan fingerprint density at radius 1 is 1.04 bits per heavy atom. The summed E-state index contributed by atoms with van der Waals surface area (Å²) >= 11 is 1.51. The largest absolute Gasteiger partial charge is 0.497 e. The molecule has 0 spiro atoms. The van der Waals surface area contributed by atoms with Crippen LogP contribution in [0.4, 0.5) is 0 Å². The zero-order valence-corrected chi connectivity index (χ0v) is 16.0. The highest BCUT2D eigenvalue weighted by molar-refractivity contribution is 7.17. The number of thiazole rings is 1. The van der Waals surface area contributed by atoms with Crippen LogP contribution in [0.5, 0.6) is 11.5 Å². The van der Waals surface area contributed by atoms with Gasteiger partial charge in [-0.3, -0.25) is 4.79 Å². The summed E-state index contributed by atoms with van der Waals surface area (Å²) in [6, 6.07) is 17.4. The molecule has 0 radical (unpaired) electrons. The number of hydrogen-bond donors (Lipinski definition) is 0. The van der Waals surface area contributed by atoms with Gasteiger partial charge in [-0.15, -0.1) is 0 Å². The topological polar surface area (TPSA) is 52.8 Å². The van der Waals surface area contributed by atoms with Crippen LogP contribution in [-0.4, -0.2) is 24.7 Å². The minimum absolute atomic E-state index is 0.346. The number of rotatable bonds is 3. The molecule has 0 atom stereocenters. The minimum Gasteiger partial charge on any atom is -0.497 e. The van der Waals surface area contributed by atoms with Gasteiger partial charge in [-0.2, -0.15) is 4.99 Å².